The number of aliphatic imine (C=N–C) groups is 2. The summed E-state index contributed by atoms with van der Waals surface area (Å²) in [5, 5.41) is 8.86. The number of aromatic nitrogens is 4. The minimum Gasteiger partial charge on any atom is -0.444 e. The van der Waals surface area contributed by atoms with Crippen LogP contribution in [-0.4, -0.2) is 72.2 Å². The molecule has 3 amide bonds. The van der Waals surface area contributed by atoms with E-state index in [1.54, 1.807) is 80.2 Å². The van der Waals surface area contributed by atoms with Crippen LogP contribution in [0.2, 0.25) is 0 Å². The highest BCUT2D eigenvalue weighted by Crippen LogP contribution is 2.26. The lowest BCUT2D eigenvalue weighted by atomic mass is 10.1. The lowest BCUT2D eigenvalue weighted by molar-refractivity contribution is 0.0540. The van der Waals surface area contributed by atoms with Crippen LogP contribution in [0.3, 0.4) is 0 Å². The Bertz CT molecular complexity index is 2730. The predicted molar refractivity (Wildman–Crippen MR) is 292 cm³/mol. The molecule has 18 heteroatoms. The highest BCUT2D eigenvalue weighted by atomic mass is 32.2. The van der Waals surface area contributed by atoms with Gasteiger partial charge in [0.15, 0.2) is 0 Å². The quantitative estimate of drug-likeness (QED) is 0.0541. The molecule has 0 bridgehead atoms. The Kier molecular flexibility index (Phi) is 20.1. The van der Waals surface area contributed by atoms with Crippen LogP contribution in [0.1, 0.15) is 76.2 Å². The largest absolute Gasteiger partial charge is 0.444 e. The molecule has 6 aromatic rings. The number of nitrogens with one attached hydrogen (secondary N) is 3. The Morgan fingerprint density at radius 1 is 0.542 bits per heavy atom. The maximum absolute atomic E-state index is 11.9. The van der Waals surface area contributed by atoms with Crippen molar-refractivity contribution in [3.8, 4) is 45.0 Å². The van der Waals surface area contributed by atoms with Crippen molar-refractivity contribution in [2.24, 2.45) is 9.98 Å². The van der Waals surface area contributed by atoms with Crippen LogP contribution in [0, 0.1) is 0 Å². The number of hydrogen-bond donors (Lipinski definition) is 5. The number of nitrogens with two attached hydrogens (primary N) is 2. The number of carbonyl (C=O) groups excluding carboxylic acids is 3. The second kappa shape index (κ2) is 25.7. The first kappa shape index (κ1) is 56.5. The third-order valence-electron chi connectivity index (χ3n) is 8.90. The van der Waals surface area contributed by atoms with Crippen LogP contribution in [0.25, 0.3) is 45.0 Å². The van der Waals surface area contributed by atoms with Gasteiger partial charge in [-0.15, -0.1) is 11.8 Å². The molecule has 0 spiro atoms. The molecule has 0 aliphatic heterocycles. The molecule has 2 aromatic carbocycles. The number of ether oxygens (including phenoxy) is 3. The Morgan fingerprint density at radius 2 is 0.931 bits per heavy atom. The molecule has 7 N–H and O–H groups in total. The van der Waals surface area contributed by atoms with Gasteiger partial charge in [0.05, 0.1) is 75.4 Å². The van der Waals surface area contributed by atoms with Gasteiger partial charge in [0.25, 0.3) is 0 Å². The summed E-state index contributed by atoms with van der Waals surface area (Å²) in [6.45, 7) is 23.5. The van der Waals surface area contributed by atoms with E-state index in [1.807, 2.05) is 124 Å². The van der Waals surface area contributed by atoms with Gasteiger partial charge in [-0.05, 0) is 131 Å². The molecule has 72 heavy (non-hydrogen) atoms. The molecule has 378 valence electrons. The van der Waals surface area contributed by atoms with Gasteiger partial charge >= 0.3 is 18.3 Å². The number of alkyl carbamates (subject to hydrolysis) is 2. The fourth-order valence-electron chi connectivity index (χ4n) is 5.80. The summed E-state index contributed by atoms with van der Waals surface area (Å²) in [6.07, 6.45) is 6.82. The molecule has 0 aliphatic rings. The van der Waals surface area contributed by atoms with E-state index in [0.29, 0.717) is 33.6 Å². The second-order valence-electron chi connectivity index (χ2n) is 18.8. The molecule has 6 rings (SSSR count). The third-order valence-corrected chi connectivity index (χ3v) is 9.58. The molecule has 17 nitrogen and oxygen atoms in total. The molecule has 0 atom stereocenters. The summed E-state index contributed by atoms with van der Waals surface area (Å²) < 4.78 is 15.4. The molecule has 0 aliphatic carbocycles. The number of amides is 3. The first-order valence-electron chi connectivity index (χ1n) is 22.6. The van der Waals surface area contributed by atoms with Gasteiger partial charge < -0.3 is 31.0 Å². The van der Waals surface area contributed by atoms with Crippen molar-refractivity contribution in [2.75, 3.05) is 23.0 Å². The molecule has 0 saturated carbocycles. The van der Waals surface area contributed by atoms with Crippen LogP contribution >= 0.6 is 11.8 Å². The van der Waals surface area contributed by atoms with Crippen molar-refractivity contribution in [1.29, 1.82) is 0 Å². The van der Waals surface area contributed by atoms with Gasteiger partial charge in [-0.3, -0.25) is 30.6 Å². The van der Waals surface area contributed by atoms with E-state index in [0.717, 1.165) is 45.0 Å². The number of nitrogens with zero attached hydrogens (tertiary/aromatic N) is 6. The van der Waals surface area contributed by atoms with Crippen molar-refractivity contribution >= 4 is 63.7 Å². The number of benzene rings is 2. The number of anilines is 3. The summed E-state index contributed by atoms with van der Waals surface area (Å²) in [6, 6.07) is 30.9. The minimum atomic E-state index is -0.599. The van der Waals surface area contributed by atoms with Crippen molar-refractivity contribution in [3.63, 3.8) is 0 Å². The van der Waals surface area contributed by atoms with E-state index in [4.69, 9.17) is 25.7 Å². The van der Waals surface area contributed by atoms with E-state index in [1.165, 1.54) is 11.8 Å². The Hall–Kier alpha value is -8.12. The first-order chi connectivity index (χ1) is 33.7. The standard InChI is InChI=1S/C30H36N6O4.C16H14N4.C8H15NO2S/c1-19(35-27(37)39-29(3,4)5)33-23-13-15-25(31-17-23)21-9-11-22(12-10-21)26-16-14-24(18-32-26)34-20(2)36-28(38)40-30(6,7)8;17-13-5-7-15(19-9-13)11-1-2-12(4-3-11)16-8-6-14(18)10-20-16;1-6(12-5)9-7(10)11-8(2,3)4/h9-18,33H,1H2,2-8H3,(H,35,37)(H,34,36,38);1-10H,17-18H2;1-5H3. The average Bonchev–Trinajstić information content (AvgIpc) is 3.28. The maximum Gasteiger partial charge on any atom is 0.434 e. The Balaban J connectivity index is 0.000000288. The van der Waals surface area contributed by atoms with Gasteiger partial charge in [0.1, 0.15) is 28.5 Å². The summed E-state index contributed by atoms with van der Waals surface area (Å²) in [7, 11) is 0. The fraction of sp³-hybridized carbons (Fsp3) is 0.278. The number of amidine groups is 1. The Morgan fingerprint density at radius 3 is 1.28 bits per heavy atom. The van der Waals surface area contributed by atoms with Crippen molar-refractivity contribution in [2.45, 2.75) is 93.0 Å². The first-order valence-corrected chi connectivity index (χ1v) is 23.9. The number of rotatable bonds is 8. The molecule has 0 unspecified atom stereocenters. The number of nitrogen functional groups attached to an aromatic ring is 2. The van der Waals surface area contributed by atoms with Crippen LogP contribution in [0.15, 0.2) is 144 Å². The zero-order valence-electron chi connectivity index (χ0n) is 42.9. The molecule has 4 heterocycles. The molecule has 4 aromatic heterocycles. The van der Waals surface area contributed by atoms with Gasteiger partial charge in [0.2, 0.25) is 0 Å². The molecule has 0 fully saturated rings. The fourth-order valence-corrected chi connectivity index (χ4v) is 5.97. The predicted octanol–water partition coefficient (Wildman–Crippen LogP) is 12.5. The minimum absolute atomic E-state index is 0.284. The van der Waals surface area contributed by atoms with Crippen LogP contribution in [0.4, 0.5) is 37.1 Å². The van der Waals surface area contributed by atoms with Gasteiger partial charge in [0, 0.05) is 22.3 Å². The zero-order valence-corrected chi connectivity index (χ0v) is 43.8. The molecule has 0 radical (unpaired) electrons. The van der Waals surface area contributed by atoms with Crippen molar-refractivity contribution < 1.29 is 28.6 Å². The third kappa shape index (κ3) is 20.9. The highest BCUT2D eigenvalue weighted by Gasteiger charge is 2.18. The van der Waals surface area contributed by atoms with E-state index >= 15 is 0 Å². The van der Waals surface area contributed by atoms with E-state index < -0.39 is 35.1 Å². The van der Waals surface area contributed by atoms with Crippen LogP contribution in [0.5, 0.6) is 0 Å². The summed E-state index contributed by atoms with van der Waals surface area (Å²) in [5.41, 5.74) is 19.6. The van der Waals surface area contributed by atoms with Crippen LogP contribution < -0.4 is 27.4 Å². The summed E-state index contributed by atoms with van der Waals surface area (Å²) >= 11 is 1.43. The number of pyridine rings is 4. The molecular formula is C54H65N11O6S. The number of thioether (sulfide) groups is 1. The number of hydrogen-bond acceptors (Lipinski definition) is 15. The maximum atomic E-state index is 11.9. The smallest absolute Gasteiger partial charge is 0.434 e. The van der Waals surface area contributed by atoms with Crippen molar-refractivity contribution in [1.82, 2.24) is 30.6 Å². The lowest BCUT2D eigenvalue weighted by Crippen LogP contribution is -2.35. The van der Waals surface area contributed by atoms with Crippen LogP contribution in [-0.2, 0) is 14.2 Å². The number of carbonyl (C=O) groups is 3. The van der Waals surface area contributed by atoms with Gasteiger partial charge in [-0.2, -0.15) is 4.99 Å². The van der Waals surface area contributed by atoms with E-state index in [9.17, 15) is 14.4 Å². The summed E-state index contributed by atoms with van der Waals surface area (Å²) in [5.74, 6) is 0.692. The zero-order chi connectivity index (χ0) is 53.2. The van der Waals surface area contributed by atoms with E-state index in [-0.39, 0.29) is 5.82 Å². The van der Waals surface area contributed by atoms with Crippen molar-refractivity contribution in [3.05, 3.63) is 134 Å². The van der Waals surface area contributed by atoms with Gasteiger partial charge in [-0.1, -0.05) is 55.1 Å². The average molecular weight is 996 g/mol. The summed E-state index contributed by atoms with van der Waals surface area (Å²) in [4.78, 5) is 60.5. The van der Waals surface area contributed by atoms with E-state index in [2.05, 4.69) is 52.5 Å². The topological polar surface area (TPSA) is 243 Å². The lowest BCUT2D eigenvalue weighted by Gasteiger charge is -2.20. The monoisotopic (exact) mass is 995 g/mol. The highest BCUT2D eigenvalue weighted by molar-refractivity contribution is 8.13. The normalized spacial score (nSPS) is 11.6. The Labute approximate surface area is 426 Å². The molecular weight excluding hydrogens is 931 g/mol. The second-order valence-corrected chi connectivity index (χ2v) is 19.8. The SMILES string of the molecule is C=C(NC(=O)OC(C)(C)C)Nc1ccc(-c2ccc(-c3ccc(N=C(C)NC(=O)OC(C)(C)C)cn3)cc2)nc1.CSC(C)=NC(=O)OC(C)(C)C.Nc1ccc(-c2ccc(-c3ccc(N)cn3)cc2)nc1. The molecule has 0 saturated heterocycles. The van der Waals surface area contributed by atoms with Gasteiger partial charge in [-0.25, -0.2) is 19.4 Å².